The summed E-state index contributed by atoms with van der Waals surface area (Å²) >= 11 is 1.07. The number of halogens is 2. The van der Waals surface area contributed by atoms with Crippen molar-refractivity contribution in [1.29, 1.82) is 0 Å². The van der Waals surface area contributed by atoms with Crippen molar-refractivity contribution in [2.75, 3.05) is 0 Å². The molecule has 0 saturated heterocycles. The molecule has 0 spiro atoms. The highest BCUT2D eigenvalue weighted by Gasteiger charge is 2.21. The summed E-state index contributed by atoms with van der Waals surface area (Å²) in [5.74, 6) is -2.04. The standard InChI is InChI=1S/C17H12F2N2O2S/c1-10(15(22)12-7-8-13(18)14(19)9-12)24-17-21-20-16(23-17)11-5-3-2-4-6-11/h2-10H,1H3/t10-/m1/s1. The van der Waals surface area contributed by atoms with Crippen molar-refractivity contribution < 1.29 is 18.0 Å². The molecule has 1 aromatic heterocycles. The van der Waals surface area contributed by atoms with E-state index in [-0.39, 0.29) is 16.6 Å². The van der Waals surface area contributed by atoms with Crippen LogP contribution in [0.15, 0.2) is 58.2 Å². The number of aromatic nitrogens is 2. The Balaban J connectivity index is 1.72. The van der Waals surface area contributed by atoms with Crippen LogP contribution < -0.4 is 0 Å². The zero-order chi connectivity index (χ0) is 17.1. The lowest BCUT2D eigenvalue weighted by Gasteiger charge is -2.07. The zero-order valence-corrected chi connectivity index (χ0v) is 13.4. The van der Waals surface area contributed by atoms with Crippen LogP contribution >= 0.6 is 11.8 Å². The van der Waals surface area contributed by atoms with Gasteiger partial charge in [-0.05, 0) is 37.3 Å². The fourth-order valence-electron chi connectivity index (χ4n) is 2.04. The predicted octanol–water partition coefficient (Wildman–Crippen LogP) is 4.38. The van der Waals surface area contributed by atoms with Crippen molar-refractivity contribution in [1.82, 2.24) is 10.2 Å². The quantitative estimate of drug-likeness (QED) is 0.507. The Morgan fingerprint density at radius 3 is 2.54 bits per heavy atom. The van der Waals surface area contributed by atoms with Crippen molar-refractivity contribution in [3.8, 4) is 11.5 Å². The van der Waals surface area contributed by atoms with Crippen LogP contribution in [0, 0.1) is 11.6 Å². The smallest absolute Gasteiger partial charge is 0.277 e. The average molecular weight is 346 g/mol. The first-order chi connectivity index (χ1) is 11.5. The van der Waals surface area contributed by atoms with Gasteiger partial charge in [0.05, 0.1) is 5.25 Å². The van der Waals surface area contributed by atoms with E-state index in [4.69, 9.17) is 4.42 Å². The molecule has 1 atom stereocenters. The molecule has 3 rings (SSSR count). The molecule has 3 aromatic rings. The van der Waals surface area contributed by atoms with E-state index < -0.39 is 16.9 Å². The predicted molar refractivity (Wildman–Crippen MR) is 85.7 cm³/mol. The van der Waals surface area contributed by atoms with Crippen LogP contribution in [0.2, 0.25) is 0 Å². The minimum Gasteiger partial charge on any atom is -0.411 e. The van der Waals surface area contributed by atoms with Gasteiger partial charge in [0.15, 0.2) is 17.4 Å². The average Bonchev–Trinajstić information content (AvgIpc) is 3.06. The Labute approximate surface area is 140 Å². The minimum absolute atomic E-state index is 0.0942. The Morgan fingerprint density at radius 1 is 1.08 bits per heavy atom. The van der Waals surface area contributed by atoms with Gasteiger partial charge in [0.25, 0.3) is 5.22 Å². The van der Waals surface area contributed by atoms with Crippen LogP contribution in [-0.4, -0.2) is 21.2 Å². The molecule has 7 heteroatoms. The van der Waals surface area contributed by atoms with E-state index in [1.54, 1.807) is 6.92 Å². The molecule has 24 heavy (non-hydrogen) atoms. The van der Waals surface area contributed by atoms with Crippen LogP contribution in [0.3, 0.4) is 0 Å². The van der Waals surface area contributed by atoms with Gasteiger partial charge in [0.1, 0.15) is 0 Å². The van der Waals surface area contributed by atoms with Gasteiger partial charge < -0.3 is 4.42 Å². The number of Topliss-reactive ketones (excluding diaryl/α,β-unsaturated/α-hetero) is 1. The van der Waals surface area contributed by atoms with E-state index in [0.29, 0.717) is 5.89 Å². The molecule has 0 aliphatic heterocycles. The number of carbonyl (C=O) groups excluding carboxylic acids is 1. The summed E-state index contributed by atoms with van der Waals surface area (Å²) in [4.78, 5) is 12.3. The van der Waals surface area contributed by atoms with Crippen molar-refractivity contribution in [3.63, 3.8) is 0 Å². The summed E-state index contributed by atoms with van der Waals surface area (Å²) in [7, 11) is 0. The Hall–Kier alpha value is -2.54. The highest BCUT2D eigenvalue weighted by atomic mass is 32.2. The lowest BCUT2D eigenvalue weighted by Crippen LogP contribution is -2.14. The van der Waals surface area contributed by atoms with E-state index in [2.05, 4.69) is 10.2 Å². The van der Waals surface area contributed by atoms with E-state index in [1.807, 2.05) is 30.3 Å². The van der Waals surface area contributed by atoms with Gasteiger partial charge in [-0.25, -0.2) is 8.78 Å². The van der Waals surface area contributed by atoms with E-state index in [9.17, 15) is 13.6 Å². The number of ketones is 1. The lowest BCUT2D eigenvalue weighted by molar-refractivity contribution is 0.0993. The van der Waals surface area contributed by atoms with Crippen LogP contribution in [0.1, 0.15) is 17.3 Å². The second-order valence-corrected chi connectivity index (χ2v) is 6.28. The molecule has 0 aliphatic carbocycles. The Kier molecular flexibility index (Phi) is 4.71. The number of hydrogen-bond donors (Lipinski definition) is 0. The fourth-order valence-corrected chi connectivity index (χ4v) is 2.80. The summed E-state index contributed by atoms with van der Waals surface area (Å²) in [5.41, 5.74) is 0.869. The molecule has 0 saturated carbocycles. The van der Waals surface area contributed by atoms with Gasteiger partial charge in [0.2, 0.25) is 5.89 Å². The molecular formula is C17H12F2N2O2S. The molecule has 0 unspecified atom stereocenters. The zero-order valence-electron chi connectivity index (χ0n) is 12.6. The molecule has 0 fully saturated rings. The lowest BCUT2D eigenvalue weighted by atomic mass is 10.1. The highest BCUT2D eigenvalue weighted by Crippen LogP contribution is 2.27. The topological polar surface area (TPSA) is 56.0 Å². The van der Waals surface area contributed by atoms with E-state index >= 15 is 0 Å². The molecule has 0 bridgehead atoms. The summed E-state index contributed by atoms with van der Waals surface area (Å²) < 4.78 is 31.7. The maximum absolute atomic E-state index is 13.2. The molecule has 0 radical (unpaired) electrons. The third-order valence-corrected chi connectivity index (χ3v) is 4.21. The Morgan fingerprint density at radius 2 is 1.83 bits per heavy atom. The molecule has 2 aromatic carbocycles. The summed E-state index contributed by atoms with van der Waals surface area (Å²) in [6.45, 7) is 1.64. The summed E-state index contributed by atoms with van der Waals surface area (Å²) in [6, 6.07) is 12.3. The minimum atomic E-state index is -1.05. The fraction of sp³-hybridized carbons (Fsp3) is 0.118. The maximum atomic E-state index is 13.2. The Bertz CT molecular complexity index is 868. The first kappa shape index (κ1) is 16.3. The molecule has 1 heterocycles. The molecule has 0 aliphatic rings. The number of thioether (sulfide) groups is 1. The number of nitrogens with zero attached hydrogens (tertiary/aromatic N) is 2. The molecule has 0 amide bonds. The third kappa shape index (κ3) is 3.51. The maximum Gasteiger partial charge on any atom is 0.277 e. The van der Waals surface area contributed by atoms with Crippen LogP contribution in [0.5, 0.6) is 0 Å². The molecule has 122 valence electrons. The van der Waals surface area contributed by atoms with Crippen LogP contribution in [0.25, 0.3) is 11.5 Å². The van der Waals surface area contributed by atoms with Gasteiger partial charge in [-0.15, -0.1) is 10.2 Å². The van der Waals surface area contributed by atoms with Gasteiger partial charge >= 0.3 is 0 Å². The number of rotatable bonds is 5. The van der Waals surface area contributed by atoms with Crippen LogP contribution in [-0.2, 0) is 0 Å². The summed E-state index contributed by atoms with van der Waals surface area (Å²) in [5, 5.41) is 7.49. The summed E-state index contributed by atoms with van der Waals surface area (Å²) in [6.07, 6.45) is 0. The van der Waals surface area contributed by atoms with Gasteiger partial charge in [0, 0.05) is 11.1 Å². The number of carbonyl (C=O) groups is 1. The van der Waals surface area contributed by atoms with Crippen molar-refractivity contribution in [2.45, 2.75) is 17.4 Å². The first-order valence-electron chi connectivity index (χ1n) is 7.09. The second-order valence-electron chi connectivity index (χ2n) is 4.99. The van der Waals surface area contributed by atoms with Crippen molar-refractivity contribution >= 4 is 17.5 Å². The molecular weight excluding hydrogens is 334 g/mol. The largest absolute Gasteiger partial charge is 0.411 e. The van der Waals surface area contributed by atoms with E-state index in [1.165, 1.54) is 6.07 Å². The van der Waals surface area contributed by atoms with Crippen molar-refractivity contribution in [2.24, 2.45) is 0 Å². The van der Waals surface area contributed by atoms with Gasteiger partial charge in [-0.3, -0.25) is 4.79 Å². The first-order valence-corrected chi connectivity index (χ1v) is 7.97. The van der Waals surface area contributed by atoms with Crippen LogP contribution in [0.4, 0.5) is 8.78 Å². The van der Waals surface area contributed by atoms with Gasteiger partial charge in [-0.1, -0.05) is 30.0 Å². The molecule has 0 N–H and O–H groups in total. The second kappa shape index (κ2) is 6.92. The highest BCUT2D eigenvalue weighted by molar-refractivity contribution is 8.00. The normalized spacial score (nSPS) is 12.1. The number of hydrogen-bond acceptors (Lipinski definition) is 5. The van der Waals surface area contributed by atoms with Gasteiger partial charge in [-0.2, -0.15) is 0 Å². The monoisotopic (exact) mass is 346 g/mol. The van der Waals surface area contributed by atoms with E-state index in [0.717, 1.165) is 29.5 Å². The number of benzene rings is 2. The SMILES string of the molecule is C[C@@H](Sc1nnc(-c2ccccc2)o1)C(=O)c1ccc(F)c(F)c1. The van der Waals surface area contributed by atoms with Crippen molar-refractivity contribution in [3.05, 3.63) is 65.7 Å². The third-order valence-electron chi connectivity index (χ3n) is 3.28. The molecule has 4 nitrogen and oxygen atoms in total.